The summed E-state index contributed by atoms with van der Waals surface area (Å²) >= 11 is 0. The number of aliphatic hydroxyl groups is 1. The first kappa shape index (κ1) is 15.2. The van der Waals surface area contributed by atoms with Gasteiger partial charge in [-0.15, -0.1) is 0 Å². The predicted octanol–water partition coefficient (Wildman–Crippen LogP) is 1.23. The van der Waals surface area contributed by atoms with Crippen LogP contribution in [0.1, 0.15) is 12.5 Å². The Bertz CT molecular complexity index is 727. The number of hydrogen-bond donors (Lipinski definition) is 1. The second-order valence-corrected chi connectivity index (χ2v) is 8.46. The van der Waals surface area contributed by atoms with E-state index in [2.05, 4.69) is 0 Å². The molecule has 0 unspecified atom stereocenters. The predicted molar refractivity (Wildman–Crippen MR) is 89.3 cm³/mol. The zero-order chi connectivity index (χ0) is 16.4. The van der Waals surface area contributed by atoms with Crippen LogP contribution >= 0.6 is 21.6 Å². The number of aliphatic hydroxyl groups excluding tert-OH is 1. The number of ether oxygens (including phenoxy) is 1. The lowest BCUT2D eigenvalue weighted by Gasteiger charge is -2.57. The number of hydrogen-bond acceptors (Lipinski definition) is 6. The fourth-order valence-corrected chi connectivity index (χ4v) is 6.97. The molecule has 2 amide bonds. The molecule has 1 aromatic carbocycles. The zero-order valence-corrected chi connectivity index (χ0v) is 14.4. The molecule has 2 atom stereocenters. The molecule has 122 valence electrons. The van der Waals surface area contributed by atoms with E-state index in [1.54, 1.807) is 11.9 Å². The van der Waals surface area contributed by atoms with Crippen molar-refractivity contribution in [3.8, 4) is 5.75 Å². The van der Waals surface area contributed by atoms with Crippen LogP contribution in [0.25, 0.3) is 0 Å². The monoisotopic (exact) mass is 352 g/mol. The largest absolute Gasteiger partial charge is 0.492 e. The topological polar surface area (TPSA) is 70.1 Å². The molecule has 0 aliphatic carbocycles. The Balaban J connectivity index is 1.94. The third-order valence-corrected chi connectivity index (χ3v) is 8.27. The van der Waals surface area contributed by atoms with E-state index in [1.165, 1.54) is 26.5 Å². The fraction of sp³-hybridized carbons (Fsp3) is 0.467. The minimum absolute atomic E-state index is 0.145. The molecule has 1 spiro atoms. The van der Waals surface area contributed by atoms with Crippen molar-refractivity contribution in [1.82, 2.24) is 4.90 Å². The number of anilines is 1. The number of fused-ring (bicyclic) bond motifs is 3. The van der Waals surface area contributed by atoms with E-state index < -0.39 is 16.3 Å². The van der Waals surface area contributed by atoms with Gasteiger partial charge < -0.3 is 14.7 Å². The van der Waals surface area contributed by atoms with Crippen molar-refractivity contribution in [3.05, 3.63) is 23.8 Å². The van der Waals surface area contributed by atoms with Crippen molar-refractivity contribution in [2.45, 2.75) is 23.1 Å². The SMILES string of the molecule is CCOc1cccc2c1N1C(=O)[C@]3(CO)SS[C@]1(C2)C(=O)N3C. The molecular formula is C15H16N2O4S2. The number of benzene rings is 1. The normalized spacial score (nSPS) is 31.4. The van der Waals surface area contributed by atoms with Gasteiger partial charge in [-0.1, -0.05) is 22.9 Å². The molecule has 1 aromatic rings. The highest BCUT2D eigenvalue weighted by Gasteiger charge is 2.71. The first-order valence-corrected chi connectivity index (χ1v) is 9.52. The lowest BCUT2D eigenvalue weighted by atomic mass is 10.0. The summed E-state index contributed by atoms with van der Waals surface area (Å²) < 4.78 is 5.68. The number of piperazine rings is 1. The van der Waals surface area contributed by atoms with Gasteiger partial charge in [-0.2, -0.15) is 0 Å². The summed E-state index contributed by atoms with van der Waals surface area (Å²) in [5.74, 6) is 0.210. The van der Waals surface area contributed by atoms with E-state index in [1.807, 2.05) is 25.1 Å². The summed E-state index contributed by atoms with van der Waals surface area (Å²) in [6, 6.07) is 5.62. The molecule has 3 fully saturated rings. The van der Waals surface area contributed by atoms with Crippen LogP contribution in [0.3, 0.4) is 0 Å². The second kappa shape index (κ2) is 4.81. The number of amides is 2. The Morgan fingerprint density at radius 1 is 1.30 bits per heavy atom. The Morgan fingerprint density at radius 3 is 2.78 bits per heavy atom. The molecule has 23 heavy (non-hydrogen) atoms. The number of carbonyl (C=O) groups excluding carboxylic acids is 2. The van der Waals surface area contributed by atoms with Crippen LogP contribution in [0.15, 0.2) is 18.2 Å². The summed E-state index contributed by atoms with van der Waals surface area (Å²) in [7, 11) is 4.24. The van der Waals surface area contributed by atoms with Crippen LogP contribution in [0.5, 0.6) is 5.75 Å². The van der Waals surface area contributed by atoms with E-state index >= 15 is 0 Å². The van der Waals surface area contributed by atoms with Gasteiger partial charge in [0.2, 0.25) is 4.87 Å². The first-order valence-electron chi connectivity index (χ1n) is 7.37. The Morgan fingerprint density at radius 2 is 2.09 bits per heavy atom. The van der Waals surface area contributed by atoms with Gasteiger partial charge in [0.25, 0.3) is 11.8 Å². The molecule has 3 saturated heterocycles. The number of carbonyl (C=O) groups is 2. The molecule has 1 N–H and O–H groups in total. The Labute approximate surface area is 141 Å². The van der Waals surface area contributed by atoms with Crippen LogP contribution in [0.2, 0.25) is 0 Å². The van der Waals surface area contributed by atoms with E-state index in [0.29, 0.717) is 24.5 Å². The standard InChI is InChI=1S/C15H16N2O4S2/c1-3-21-10-6-4-5-9-7-14-12(19)16(2)15(8-18,23-22-14)13(20)17(14)11(9)10/h4-6,18H,3,7-8H2,1-2H3/t14-,15+/m1/s1. The van der Waals surface area contributed by atoms with Crippen molar-refractivity contribution < 1.29 is 19.4 Å². The first-order chi connectivity index (χ1) is 11.0. The zero-order valence-electron chi connectivity index (χ0n) is 12.7. The van der Waals surface area contributed by atoms with E-state index in [4.69, 9.17) is 4.74 Å². The quantitative estimate of drug-likeness (QED) is 0.825. The van der Waals surface area contributed by atoms with Gasteiger partial charge in [0.15, 0.2) is 4.87 Å². The van der Waals surface area contributed by atoms with Crippen LogP contribution in [-0.4, -0.2) is 51.8 Å². The molecule has 0 aromatic heterocycles. The van der Waals surface area contributed by atoms with Crippen molar-refractivity contribution in [3.63, 3.8) is 0 Å². The Kier molecular flexibility index (Phi) is 3.17. The van der Waals surface area contributed by atoms with Crippen molar-refractivity contribution in [2.75, 3.05) is 25.2 Å². The van der Waals surface area contributed by atoms with Crippen molar-refractivity contribution in [2.24, 2.45) is 0 Å². The fourth-order valence-electron chi connectivity index (χ4n) is 3.47. The maximum Gasteiger partial charge on any atom is 0.268 e. The van der Waals surface area contributed by atoms with E-state index in [0.717, 1.165) is 5.56 Å². The van der Waals surface area contributed by atoms with Crippen LogP contribution < -0.4 is 9.64 Å². The second-order valence-electron chi connectivity index (χ2n) is 5.77. The third kappa shape index (κ3) is 1.61. The number of likely N-dealkylation sites (N-methyl/N-ethyl adjacent to an activating group) is 1. The van der Waals surface area contributed by atoms with Gasteiger partial charge >= 0.3 is 0 Å². The molecule has 5 rings (SSSR count). The lowest BCUT2D eigenvalue weighted by Crippen LogP contribution is -2.77. The summed E-state index contributed by atoms with van der Waals surface area (Å²) in [4.78, 5) is 26.9. The molecule has 2 bridgehead atoms. The van der Waals surface area contributed by atoms with Gasteiger partial charge in [-0.3, -0.25) is 14.5 Å². The summed E-state index contributed by atoms with van der Waals surface area (Å²) in [5, 5.41) is 9.86. The summed E-state index contributed by atoms with van der Waals surface area (Å²) in [5.41, 5.74) is 1.60. The maximum absolute atomic E-state index is 13.2. The molecule has 4 aliphatic heterocycles. The number of para-hydroxylation sites is 1. The van der Waals surface area contributed by atoms with Gasteiger partial charge in [-0.25, -0.2) is 0 Å². The molecule has 0 saturated carbocycles. The summed E-state index contributed by atoms with van der Waals surface area (Å²) in [6.07, 6.45) is 0.456. The van der Waals surface area contributed by atoms with Crippen molar-refractivity contribution in [1.29, 1.82) is 0 Å². The van der Waals surface area contributed by atoms with Crippen LogP contribution in [0, 0.1) is 0 Å². The van der Waals surface area contributed by atoms with Gasteiger partial charge in [0.05, 0.1) is 18.9 Å². The molecule has 4 aliphatic rings. The van der Waals surface area contributed by atoms with Crippen molar-refractivity contribution >= 4 is 39.1 Å². The van der Waals surface area contributed by atoms with Gasteiger partial charge in [0, 0.05) is 13.5 Å². The number of nitrogens with zero attached hydrogens (tertiary/aromatic N) is 2. The minimum atomic E-state index is -1.26. The van der Waals surface area contributed by atoms with Gasteiger partial charge in [0.1, 0.15) is 5.75 Å². The molecule has 4 heterocycles. The van der Waals surface area contributed by atoms with Crippen LogP contribution in [0.4, 0.5) is 5.69 Å². The molecule has 6 nitrogen and oxygen atoms in total. The molecule has 0 radical (unpaired) electrons. The number of rotatable bonds is 3. The van der Waals surface area contributed by atoms with E-state index in [9.17, 15) is 14.7 Å². The molecular weight excluding hydrogens is 336 g/mol. The van der Waals surface area contributed by atoms with Gasteiger partial charge in [-0.05, 0) is 29.3 Å². The molecule has 8 heteroatoms. The summed E-state index contributed by atoms with van der Waals surface area (Å²) in [6.45, 7) is 1.95. The maximum atomic E-state index is 13.2. The highest BCUT2D eigenvalue weighted by Crippen LogP contribution is 2.64. The highest BCUT2D eigenvalue weighted by molar-refractivity contribution is 8.78. The Hall–Kier alpha value is -1.38. The third-order valence-electron chi connectivity index (χ3n) is 4.65. The highest BCUT2D eigenvalue weighted by atomic mass is 33.1. The average molecular weight is 352 g/mol. The smallest absolute Gasteiger partial charge is 0.268 e. The lowest BCUT2D eigenvalue weighted by molar-refractivity contribution is -0.149. The average Bonchev–Trinajstić information content (AvgIpc) is 2.90. The van der Waals surface area contributed by atoms with E-state index in [-0.39, 0.29) is 11.8 Å². The minimum Gasteiger partial charge on any atom is -0.492 e. The van der Waals surface area contributed by atoms with Crippen LogP contribution in [-0.2, 0) is 16.0 Å².